The Hall–Kier alpha value is -2.09. The average molecular weight is 281 g/mol. The molecule has 2 rings (SSSR count). The van der Waals surface area contributed by atoms with Crippen molar-refractivity contribution in [2.75, 3.05) is 6.61 Å². The molecule has 2 nitrogen and oxygen atoms in total. The average Bonchev–Trinajstić information content (AvgIpc) is 2.54. The van der Waals surface area contributed by atoms with Crippen molar-refractivity contribution in [1.82, 2.24) is 0 Å². The Bertz CT molecular complexity index is 495. The molecule has 0 N–H and O–H groups in total. The molecule has 0 aliphatic carbocycles. The fraction of sp³-hybridized carbons (Fsp3) is 0.263. The minimum Gasteiger partial charge on any atom is -0.465 e. The van der Waals surface area contributed by atoms with Gasteiger partial charge in [0.15, 0.2) is 0 Å². The Morgan fingerprint density at radius 2 is 1.43 bits per heavy atom. The van der Waals surface area contributed by atoms with Gasteiger partial charge >= 0.3 is 5.97 Å². The molecule has 0 amide bonds. The molecule has 0 unspecified atom stereocenters. The number of hydrogen-bond acceptors (Lipinski definition) is 2. The van der Waals surface area contributed by atoms with Crippen molar-refractivity contribution < 1.29 is 9.53 Å². The van der Waals surface area contributed by atoms with Gasteiger partial charge in [-0.15, -0.1) is 0 Å². The van der Waals surface area contributed by atoms with E-state index in [2.05, 4.69) is 6.92 Å². The lowest BCUT2D eigenvalue weighted by Gasteiger charge is -2.17. The van der Waals surface area contributed by atoms with E-state index in [-0.39, 0.29) is 11.9 Å². The van der Waals surface area contributed by atoms with E-state index in [1.807, 2.05) is 60.7 Å². The van der Waals surface area contributed by atoms with Crippen LogP contribution in [0.2, 0.25) is 0 Å². The molecule has 0 saturated carbocycles. The summed E-state index contributed by atoms with van der Waals surface area (Å²) in [6.45, 7) is 4.25. The van der Waals surface area contributed by atoms with Crippen LogP contribution >= 0.6 is 0 Å². The molecule has 0 fully saturated rings. The number of hydrogen-bond donors (Lipinski definition) is 0. The molecular formula is C19H21O2. The summed E-state index contributed by atoms with van der Waals surface area (Å²) in [7, 11) is 0. The first-order chi connectivity index (χ1) is 10.3. The van der Waals surface area contributed by atoms with Crippen LogP contribution in [0.5, 0.6) is 0 Å². The van der Waals surface area contributed by atoms with Crippen molar-refractivity contribution in [1.29, 1.82) is 0 Å². The maximum Gasteiger partial charge on any atom is 0.317 e. The first kappa shape index (κ1) is 15.3. The maximum atomic E-state index is 12.5. The molecule has 0 aliphatic heterocycles. The SMILES string of the molecule is [CH2]CCCCOC(=O)C(c1ccccc1)c1ccccc1. The molecule has 2 aromatic carbocycles. The number of unbranched alkanes of at least 4 members (excludes halogenated alkanes) is 2. The molecule has 0 bridgehead atoms. The molecule has 0 aliphatic rings. The maximum absolute atomic E-state index is 12.5. The van der Waals surface area contributed by atoms with Crippen LogP contribution in [0, 0.1) is 6.92 Å². The zero-order valence-electron chi connectivity index (χ0n) is 12.2. The highest BCUT2D eigenvalue weighted by Crippen LogP contribution is 2.26. The van der Waals surface area contributed by atoms with Crippen LogP contribution in [0.15, 0.2) is 60.7 Å². The van der Waals surface area contributed by atoms with E-state index in [0.29, 0.717) is 6.61 Å². The van der Waals surface area contributed by atoms with E-state index in [1.165, 1.54) is 0 Å². The lowest BCUT2D eigenvalue weighted by atomic mass is 9.91. The highest BCUT2D eigenvalue weighted by Gasteiger charge is 2.23. The van der Waals surface area contributed by atoms with Crippen LogP contribution in [0.4, 0.5) is 0 Å². The molecule has 0 atom stereocenters. The third-order valence-corrected chi connectivity index (χ3v) is 3.39. The quantitative estimate of drug-likeness (QED) is 0.556. The Kier molecular flexibility index (Phi) is 6.01. The van der Waals surface area contributed by atoms with Crippen molar-refractivity contribution in [3.8, 4) is 0 Å². The number of benzene rings is 2. The molecule has 21 heavy (non-hydrogen) atoms. The summed E-state index contributed by atoms with van der Waals surface area (Å²) in [5.74, 6) is -0.538. The van der Waals surface area contributed by atoms with Crippen LogP contribution in [-0.2, 0) is 9.53 Å². The van der Waals surface area contributed by atoms with Gasteiger partial charge in [0, 0.05) is 0 Å². The van der Waals surface area contributed by atoms with Crippen LogP contribution in [-0.4, -0.2) is 12.6 Å². The predicted molar refractivity (Wildman–Crippen MR) is 84.9 cm³/mol. The van der Waals surface area contributed by atoms with E-state index in [1.54, 1.807) is 0 Å². The van der Waals surface area contributed by atoms with E-state index < -0.39 is 0 Å². The van der Waals surface area contributed by atoms with Crippen molar-refractivity contribution in [3.05, 3.63) is 78.7 Å². The summed E-state index contributed by atoms with van der Waals surface area (Å²) < 4.78 is 5.45. The van der Waals surface area contributed by atoms with Crippen LogP contribution in [0.25, 0.3) is 0 Å². The van der Waals surface area contributed by atoms with Gasteiger partial charge < -0.3 is 4.74 Å². The second kappa shape index (κ2) is 8.25. The van der Waals surface area contributed by atoms with Gasteiger partial charge in [-0.3, -0.25) is 4.79 Å². The summed E-state index contributed by atoms with van der Waals surface area (Å²) >= 11 is 0. The first-order valence-electron chi connectivity index (χ1n) is 7.38. The number of ether oxygens (including phenoxy) is 1. The van der Waals surface area contributed by atoms with Gasteiger partial charge in [0.1, 0.15) is 5.92 Å². The summed E-state index contributed by atoms with van der Waals surface area (Å²) in [4.78, 5) is 12.5. The standard InChI is InChI=1S/C19H21O2/c1-2-3-10-15-21-19(20)18(16-11-6-4-7-12-16)17-13-8-5-9-14-17/h4-9,11-14,18H,1-3,10,15H2. The molecule has 1 radical (unpaired) electrons. The lowest BCUT2D eigenvalue weighted by molar-refractivity contribution is -0.144. The first-order valence-corrected chi connectivity index (χ1v) is 7.38. The van der Waals surface area contributed by atoms with E-state index in [0.717, 1.165) is 30.4 Å². The minimum atomic E-state index is -0.354. The van der Waals surface area contributed by atoms with Crippen LogP contribution < -0.4 is 0 Å². The van der Waals surface area contributed by atoms with Crippen molar-refractivity contribution in [3.63, 3.8) is 0 Å². The van der Waals surface area contributed by atoms with Crippen molar-refractivity contribution in [2.45, 2.75) is 25.2 Å². The number of esters is 1. The van der Waals surface area contributed by atoms with E-state index in [4.69, 9.17) is 4.74 Å². The minimum absolute atomic E-state index is 0.184. The van der Waals surface area contributed by atoms with Gasteiger partial charge in [-0.05, 0) is 17.5 Å². The van der Waals surface area contributed by atoms with Gasteiger partial charge in [0.05, 0.1) is 6.61 Å². The monoisotopic (exact) mass is 281 g/mol. The van der Waals surface area contributed by atoms with Crippen LogP contribution in [0.1, 0.15) is 36.3 Å². The number of carbonyl (C=O) groups is 1. The molecule has 0 heterocycles. The predicted octanol–water partition coefficient (Wildman–Crippen LogP) is 4.37. The molecule has 109 valence electrons. The second-order valence-electron chi connectivity index (χ2n) is 4.98. The Labute approximate surface area is 126 Å². The molecular weight excluding hydrogens is 260 g/mol. The number of carbonyl (C=O) groups excluding carboxylic acids is 1. The zero-order chi connectivity index (χ0) is 14.9. The molecule has 0 spiro atoms. The van der Waals surface area contributed by atoms with Crippen LogP contribution in [0.3, 0.4) is 0 Å². The number of rotatable bonds is 7. The molecule has 2 aromatic rings. The molecule has 0 saturated heterocycles. The van der Waals surface area contributed by atoms with Gasteiger partial charge in [-0.25, -0.2) is 0 Å². The van der Waals surface area contributed by atoms with Gasteiger partial charge in [-0.1, -0.05) is 80.4 Å². The van der Waals surface area contributed by atoms with Gasteiger partial charge in [0.25, 0.3) is 0 Å². The topological polar surface area (TPSA) is 26.3 Å². The smallest absolute Gasteiger partial charge is 0.317 e. The van der Waals surface area contributed by atoms with Crippen molar-refractivity contribution >= 4 is 5.97 Å². The summed E-state index contributed by atoms with van der Waals surface area (Å²) in [5.41, 5.74) is 1.93. The highest BCUT2D eigenvalue weighted by atomic mass is 16.5. The lowest BCUT2D eigenvalue weighted by Crippen LogP contribution is -2.18. The Balaban J connectivity index is 2.15. The molecule has 0 aromatic heterocycles. The van der Waals surface area contributed by atoms with E-state index >= 15 is 0 Å². The Morgan fingerprint density at radius 1 is 0.905 bits per heavy atom. The van der Waals surface area contributed by atoms with E-state index in [9.17, 15) is 4.79 Å². The second-order valence-corrected chi connectivity index (χ2v) is 4.98. The fourth-order valence-electron chi connectivity index (χ4n) is 2.29. The normalized spacial score (nSPS) is 10.6. The van der Waals surface area contributed by atoms with Gasteiger partial charge in [-0.2, -0.15) is 0 Å². The largest absolute Gasteiger partial charge is 0.465 e. The Morgan fingerprint density at radius 3 is 1.90 bits per heavy atom. The van der Waals surface area contributed by atoms with Gasteiger partial charge in [0.2, 0.25) is 0 Å². The summed E-state index contributed by atoms with van der Waals surface area (Å²) in [5, 5.41) is 0. The molecule has 2 heteroatoms. The zero-order valence-corrected chi connectivity index (χ0v) is 12.2. The third kappa shape index (κ3) is 4.45. The highest BCUT2D eigenvalue weighted by molar-refractivity contribution is 5.82. The van der Waals surface area contributed by atoms with Crippen molar-refractivity contribution in [2.24, 2.45) is 0 Å². The fourth-order valence-corrected chi connectivity index (χ4v) is 2.29. The summed E-state index contributed by atoms with van der Waals surface area (Å²) in [6, 6.07) is 19.6. The third-order valence-electron chi connectivity index (χ3n) is 3.39. The summed E-state index contributed by atoms with van der Waals surface area (Å²) in [6.07, 6.45) is 2.72.